The lowest BCUT2D eigenvalue weighted by molar-refractivity contribution is -0.246. The van der Waals surface area contributed by atoms with Gasteiger partial charge in [0.1, 0.15) is 11.6 Å². The molecule has 0 saturated heterocycles. The second-order valence-electron chi connectivity index (χ2n) is 7.72. The fraction of sp³-hybridized carbons (Fsp3) is 0.304. The zero-order chi connectivity index (χ0) is 24.6. The molecule has 3 rings (SSSR count). The van der Waals surface area contributed by atoms with Crippen LogP contribution in [0.25, 0.3) is 10.9 Å². The van der Waals surface area contributed by atoms with Crippen LogP contribution in [0, 0.1) is 11.7 Å². The first-order chi connectivity index (χ1) is 15.4. The van der Waals surface area contributed by atoms with Crippen LogP contribution in [0.5, 0.6) is 5.75 Å². The lowest BCUT2D eigenvalue weighted by atomic mass is 9.77. The molecule has 0 aliphatic heterocycles. The predicted octanol–water partition coefficient (Wildman–Crippen LogP) is 5.76. The maximum absolute atomic E-state index is 14.1. The van der Waals surface area contributed by atoms with Gasteiger partial charge in [-0.2, -0.15) is 13.2 Å². The Labute approximate surface area is 191 Å². The van der Waals surface area contributed by atoms with E-state index in [2.05, 4.69) is 9.98 Å². The van der Waals surface area contributed by atoms with E-state index >= 15 is 0 Å². The number of aliphatic imine (C=N–C) groups is 1. The van der Waals surface area contributed by atoms with Crippen LogP contribution in [0.4, 0.5) is 23.2 Å². The molecule has 3 aromatic rings. The van der Waals surface area contributed by atoms with E-state index in [-0.39, 0.29) is 22.3 Å². The molecule has 5 nitrogen and oxygen atoms in total. The minimum atomic E-state index is -5.08. The van der Waals surface area contributed by atoms with Gasteiger partial charge in [-0.3, -0.25) is 9.79 Å². The van der Waals surface area contributed by atoms with E-state index < -0.39 is 35.0 Å². The Morgan fingerprint density at radius 1 is 1.15 bits per heavy atom. The molecule has 1 heterocycles. The van der Waals surface area contributed by atoms with Crippen molar-refractivity contribution >= 4 is 34.4 Å². The Morgan fingerprint density at radius 3 is 2.48 bits per heavy atom. The molecule has 2 aromatic carbocycles. The van der Waals surface area contributed by atoms with Gasteiger partial charge in [0.15, 0.2) is 5.60 Å². The topological polar surface area (TPSA) is 74.7 Å². The van der Waals surface area contributed by atoms with Crippen molar-refractivity contribution in [1.29, 1.82) is 0 Å². The van der Waals surface area contributed by atoms with Crippen molar-refractivity contribution in [2.24, 2.45) is 10.9 Å². The van der Waals surface area contributed by atoms with E-state index in [1.54, 1.807) is 6.07 Å². The number of methoxy groups -OCH3 is 1. The molecule has 0 aliphatic carbocycles. The minimum absolute atomic E-state index is 0.0470. The molecule has 0 bridgehead atoms. The van der Waals surface area contributed by atoms with Crippen LogP contribution in [0.2, 0.25) is 5.02 Å². The number of aliphatic hydroxyl groups is 1. The lowest BCUT2D eigenvalue weighted by Gasteiger charge is -2.36. The van der Waals surface area contributed by atoms with Gasteiger partial charge < -0.3 is 14.8 Å². The highest BCUT2D eigenvalue weighted by Crippen LogP contribution is 2.44. The highest BCUT2D eigenvalue weighted by atomic mass is 35.5. The van der Waals surface area contributed by atoms with Gasteiger partial charge in [0, 0.05) is 28.6 Å². The van der Waals surface area contributed by atoms with E-state index in [1.807, 2.05) is 0 Å². The highest BCUT2D eigenvalue weighted by Gasteiger charge is 2.57. The van der Waals surface area contributed by atoms with Gasteiger partial charge in [-0.05, 0) is 41.8 Å². The second-order valence-corrected chi connectivity index (χ2v) is 8.16. The summed E-state index contributed by atoms with van der Waals surface area (Å²) in [5, 5.41) is 11.3. The van der Waals surface area contributed by atoms with Gasteiger partial charge in [0.05, 0.1) is 18.3 Å². The van der Waals surface area contributed by atoms with Crippen LogP contribution in [-0.2, 0) is 0 Å². The van der Waals surface area contributed by atoms with Gasteiger partial charge in [0.2, 0.25) is 5.56 Å². The Bertz CT molecular complexity index is 1260. The number of fused-ring (bicyclic) bond motifs is 1. The first-order valence-corrected chi connectivity index (χ1v) is 10.3. The summed E-state index contributed by atoms with van der Waals surface area (Å²) >= 11 is 5.95. The zero-order valence-electron chi connectivity index (χ0n) is 17.9. The summed E-state index contributed by atoms with van der Waals surface area (Å²) in [6, 6.07) is 9.04. The third kappa shape index (κ3) is 4.74. The molecule has 2 N–H and O–H groups in total. The maximum Gasteiger partial charge on any atom is 0.422 e. The number of aromatic nitrogens is 1. The van der Waals surface area contributed by atoms with Crippen molar-refractivity contribution in [2.45, 2.75) is 31.5 Å². The van der Waals surface area contributed by atoms with Crippen molar-refractivity contribution in [3.05, 3.63) is 69.2 Å². The molecule has 33 heavy (non-hydrogen) atoms. The van der Waals surface area contributed by atoms with E-state index in [1.165, 1.54) is 45.2 Å². The average Bonchev–Trinajstić information content (AvgIpc) is 2.76. The molecule has 3 atom stereocenters. The van der Waals surface area contributed by atoms with E-state index in [4.69, 9.17) is 16.3 Å². The molecule has 0 spiro atoms. The number of H-pyrrole nitrogens is 1. The molecule has 3 unspecified atom stereocenters. The number of nitrogens with zero attached hydrogens (tertiary/aromatic N) is 1. The molecule has 0 radical (unpaired) electrons. The normalized spacial score (nSPS) is 16.0. The number of benzene rings is 2. The summed E-state index contributed by atoms with van der Waals surface area (Å²) in [5.74, 6) is -2.69. The molecular weight excluding hydrogens is 464 g/mol. The standard InChI is InChI=1S/C23H21ClF4N2O3/c1-12(15-5-4-14(24)10-19(15)33-3)13(2)22(32,23(26,27)28)11-29-18-8-7-17(25)21-16(18)6-9-20(31)30-21/h4-13,32H,1-3H3,(H,30,31)/b29-11+. The van der Waals surface area contributed by atoms with Crippen molar-refractivity contribution in [3.63, 3.8) is 0 Å². The summed E-state index contributed by atoms with van der Waals surface area (Å²) in [6.45, 7) is 2.78. The molecule has 0 amide bonds. The average molecular weight is 485 g/mol. The summed E-state index contributed by atoms with van der Waals surface area (Å²) < 4.78 is 61.6. The predicted molar refractivity (Wildman–Crippen MR) is 119 cm³/mol. The Hall–Kier alpha value is -2.91. The monoisotopic (exact) mass is 484 g/mol. The number of hydrogen-bond donors (Lipinski definition) is 2. The highest BCUT2D eigenvalue weighted by molar-refractivity contribution is 6.30. The smallest absolute Gasteiger partial charge is 0.422 e. The largest absolute Gasteiger partial charge is 0.496 e. The lowest BCUT2D eigenvalue weighted by Crippen LogP contribution is -2.53. The molecule has 0 saturated carbocycles. The first kappa shape index (κ1) is 24.7. The van der Waals surface area contributed by atoms with Crippen molar-refractivity contribution in [3.8, 4) is 5.75 Å². The maximum atomic E-state index is 14.1. The van der Waals surface area contributed by atoms with E-state index in [0.29, 0.717) is 16.8 Å². The van der Waals surface area contributed by atoms with Gasteiger partial charge >= 0.3 is 6.18 Å². The van der Waals surface area contributed by atoms with Crippen LogP contribution >= 0.6 is 11.6 Å². The number of ether oxygens (including phenoxy) is 1. The fourth-order valence-electron chi connectivity index (χ4n) is 3.64. The van der Waals surface area contributed by atoms with Crippen LogP contribution < -0.4 is 10.3 Å². The van der Waals surface area contributed by atoms with Gasteiger partial charge in [-0.15, -0.1) is 0 Å². The summed E-state index contributed by atoms with van der Waals surface area (Å²) in [4.78, 5) is 17.7. The Kier molecular flexibility index (Phi) is 6.85. The number of halogens is 5. The quantitative estimate of drug-likeness (QED) is 0.345. The number of alkyl halides is 3. The molecular formula is C23H21ClF4N2O3. The third-order valence-corrected chi connectivity index (χ3v) is 6.04. The summed E-state index contributed by atoms with van der Waals surface area (Å²) in [5.41, 5.74) is -3.72. The summed E-state index contributed by atoms with van der Waals surface area (Å²) in [7, 11) is 1.37. The Morgan fingerprint density at radius 2 is 1.85 bits per heavy atom. The van der Waals surface area contributed by atoms with Crippen molar-refractivity contribution < 1.29 is 27.4 Å². The molecule has 10 heteroatoms. The Balaban J connectivity index is 2.07. The number of rotatable bonds is 6. The van der Waals surface area contributed by atoms with Crippen molar-refractivity contribution in [2.75, 3.05) is 7.11 Å². The number of aromatic amines is 1. The van der Waals surface area contributed by atoms with Crippen LogP contribution in [-0.4, -0.2) is 35.2 Å². The number of hydrogen-bond acceptors (Lipinski definition) is 4. The third-order valence-electron chi connectivity index (χ3n) is 5.81. The molecule has 1 aromatic heterocycles. The molecule has 176 valence electrons. The molecule has 0 fully saturated rings. The van der Waals surface area contributed by atoms with Gasteiger partial charge in [-0.1, -0.05) is 31.5 Å². The zero-order valence-corrected chi connectivity index (χ0v) is 18.6. The minimum Gasteiger partial charge on any atom is -0.496 e. The first-order valence-electron chi connectivity index (χ1n) is 9.88. The summed E-state index contributed by atoms with van der Waals surface area (Å²) in [6.07, 6.45) is -4.66. The van der Waals surface area contributed by atoms with Crippen molar-refractivity contribution in [1.82, 2.24) is 4.98 Å². The SMILES string of the molecule is COc1cc(Cl)ccc1C(C)C(C)C(O)(/C=N/c1ccc(F)c2[nH]c(=O)ccc12)C(F)(F)F. The van der Waals surface area contributed by atoms with Crippen LogP contribution in [0.15, 0.2) is 52.3 Å². The van der Waals surface area contributed by atoms with E-state index in [9.17, 15) is 27.5 Å². The van der Waals surface area contributed by atoms with Gasteiger partial charge in [0.25, 0.3) is 0 Å². The molecule has 0 aliphatic rings. The number of pyridine rings is 1. The van der Waals surface area contributed by atoms with Crippen LogP contribution in [0.1, 0.15) is 25.3 Å². The fourth-order valence-corrected chi connectivity index (χ4v) is 3.80. The van der Waals surface area contributed by atoms with E-state index in [0.717, 1.165) is 12.1 Å². The van der Waals surface area contributed by atoms with Gasteiger partial charge in [-0.25, -0.2) is 4.39 Å². The number of nitrogens with one attached hydrogen (secondary N) is 1. The van der Waals surface area contributed by atoms with Crippen LogP contribution in [0.3, 0.4) is 0 Å². The second kappa shape index (κ2) is 9.15.